The Kier molecular flexibility index (Phi) is 3.25. The first-order valence-electron chi connectivity index (χ1n) is 4.59. The number of nitrogens with two attached hydrogens (primary N) is 1. The van der Waals surface area contributed by atoms with Gasteiger partial charge in [-0.15, -0.1) is 0 Å². The summed E-state index contributed by atoms with van der Waals surface area (Å²) in [5.41, 5.74) is 5.37. The average Bonchev–Trinajstić information content (AvgIpc) is 2.64. The van der Waals surface area contributed by atoms with Gasteiger partial charge in [-0.3, -0.25) is 4.79 Å². The van der Waals surface area contributed by atoms with Crippen LogP contribution in [-0.4, -0.2) is 16.9 Å². The molecule has 1 aliphatic carbocycles. The number of nitrogens with one attached hydrogen (secondary N) is 1. The highest BCUT2D eigenvalue weighted by Gasteiger charge is 2.39. The normalized spacial score (nSPS) is 27.8. The van der Waals surface area contributed by atoms with Gasteiger partial charge < -0.3 is 11.1 Å². The van der Waals surface area contributed by atoms with Crippen molar-refractivity contribution < 1.29 is 4.79 Å². The van der Waals surface area contributed by atoms with Gasteiger partial charge in [-0.05, 0) is 19.3 Å². The van der Waals surface area contributed by atoms with Gasteiger partial charge in [0.25, 0.3) is 0 Å². The molecule has 1 saturated carbocycles. The summed E-state index contributed by atoms with van der Waals surface area (Å²) in [6, 6.07) is 0.0674. The highest BCUT2D eigenvalue weighted by molar-refractivity contribution is 7.80. The van der Waals surface area contributed by atoms with E-state index in [0.29, 0.717) is 17.3 Å². The zero-order valence-electron chi connectivity index (χ0n) is 8.04. The number of amides is 1. The number of thiocarbonyl (C=S) groups is 1. The Morgan fingerprint density at radius 2 is 2.31 bits per heavy atom. The number of hydrogen-bond acceptors (Lipinski definition) is 2. The van der Waals surface area contributed by atoms with E-state index in [1.165, 1.54) is 0 Å². The SMILES string of the molecule is CC(CC(N)=S)NC(=O)C1CC1C. The molecule has 4 heteroatoms. The van der Waals surface area contributed by atoms with Crippen LogP contribution in [-0.2, 0) is 4.79 Å². The molecule has 1 aliphatic rings. The molecule has 0 heterocycles. The Morgan fingerprint density at radius 3 is 2.69 bits per heavy atom. The fraction of sp³-hybridized carbons (Fsp3) is 0.778. The smallest absolute Gasteiger partial charge is 0.223 e. The summed E-state index contributed by atoms with van der Waals surface area (Å²) in [6.45, 7) is 4.01. The molecular weight excluding hydrogens is 184 g/mol. The van der Waals surface area contributed by atoms with Gasteiger partial charge in [0.1, 0.15) is 0 Å². The molecule has 3 nitrogen and oxygen atoms in total. The Labute approximate surface area is 84.1 Å². The molecule has 0 saturated heterocycles. The molecule has 74 valence electrons. The van der Waals surface area contributed by atoms with Gasteiger partial charge in [0, 0.05) is 18.4 Å². The lowest BCUT2D eigenvalue weighted by Gasteiger charge is -2.12. The van der Waals surface area contributed by atoms with Crippen LogP contribution in [0.3, 0.4) is 0 Å². The first kappa shape index (κ1) is 10.4. The molecule has 0 aromatic carbocycles. The molecule has 0 aromatic heterocycles. The summed E-state index contributed by atoms with van der Waals surface area (Å²) < 4.78 is 0. The Balaban J connectivity index is 2.23. The molecular formula is C9H16N2OS. The third-order valence-corrected chi connectivity index (χ3v) is 2.51. The highest BCUT2D eigenvalue weighted by atomic mass is 32.1. The number of carbonyl (C=O) groups excluding carboxylic acids is 1. The summed E-state index contributed by atoms with van der Waals surface area (Å²) >= 11 is 4.76. The van der Waals surface area contributed by atoms with E-state index < -0.39 is 0 Å². The predicted molar refractivity (Wildman–Crippen MR) is 56.3 cm³/mol. The second-order valence-corrected chi connectivity index (χ2v) is 4.42. The molecule has 1 fully saturated rings. The van der Waals surface area contributed by atoms with E-state index in [-0.39, 0.29) is 17.9 Å². The van der Waals surface area contributed by atoms with Crippen molar-refractivity contribution in [3.8, 4) is 0 Å². The maximum absolute atomic E-state index is 11.4. The van der Waals surface area contributed by atoms with Crippen LogP contribution in [0.4, 0.5) is 0 Å². The van der Waals surface area contributed by atoms with E-state index in [9.17, 15) is 4.79 Å². The molecule has 0 spiro atoms. The van der Waals surface area contributed by atoms with Crippen molar-refractivity contribution in [3.05, 3.63) is 0 Å². The van der Waals surface area contributed by atoms with E-state index in [1.807, 2.05) is 6.92 Å². The second-order valence-electron chi connectivity index (χ2n) is 3.90. The Morgan fingerprint density at radius 1 is 1.77 bits per heavy atom. The van der Waals surface area contributed by atoms with Gasteiger partial charge in [-0.1, -0.05) is 19.1 Å². The van der Waals surface area contributed by atoms with E-state index >= 15 is 0 Å². The third-order valence-electron chi connectivity index (χ3n) is 2.34. The minimum atomic E-state index is 0.0674. The predicted octanol–water partition coefficient (Wildman–Crippen LogP) is 0.823. The topological polar surface area (TPSA) is 55.1 Å². The van der Waals surface area contributed by atoms with Crippen LogP contribution in [0.5, 0.6) is 0 Å². The Bertz CT molecular complexity index is 230. The highest BCUT2D eigenvalue weighted by Crippen LogP contribution is 2.37. The minimum absolute atomic E-state index is 0.0674. The summed E-state index contributed by atoms with van der Waals surface area (Å²) in [4.78, 5) is 11.9. The summed E-state index contributed by atoms with van der Waals surface area (Å²) in [5.74, 6) is 0.932. The Hall–Kier alpha value is -0.640. The quantitative estimate of drug-likeness (QED) is 0.661. The lowest BCUT2D eigenvalue weighted by atomic mass is 10.2. The van der Waals surface area contributed by atoms with Crippen molar-refractivity contribution in [2.75, 3.05) is 0 Å². The zero-order valence-corrected chi connectivity index (χ0v) is 8.86. The maximum atomic E-state index is 11.4. The van der Waals surface area contributed by atoms with Gasteiger partial charge in [-0.2, -0.15) is 0 Å². The fourth-order valence-electron chi connectivity index (χ4n) is 1.39. The minimum Gasteiger partial charge on any atom is -0.393 e. The van der Waals surface area contributed by atoms with Gasteiger partial charge in [0.15, 0.2) is 0 Å². The first-order chi connectivity index (χ1) is 6.00. The van der Waals surface area contributed by atoms with E-state index in [2.05, 4.69) is 12.2 Å². The van der Waals surface area contributed by atoms with Crippen LogP contribution in [0.2, 0.25) is 0 Å². The molecule has 1 amide bonds. The number of rotatable bonds is 4. The lowest BCUT2D eigenvalue weighted by molar-refractivity contribution is -0.123. The van der Waals surface area contributed by atoms with Gasteiger partial charge in [0.05, 0.1) is 4.99 Å². The molecule has 0 aromatic rings. The van der Waals surface area contributed by atoms with Crippen molar-refractivity contribution in [1.29, 1.82) is 0 Å². The third kappa shape index (κ3) is 3.30. The molecule has 0 radical (unpaired) electrons. The van der Waals surface area contributed by atoms with Crippen LogP contribution < -0.4 is 11.1 Å². The van der Waals surface area contributed by atoms with Gasteiger partial charge in [-0.25, -0.2) is 0 Å². The van der Waals surface area contributed by atoms with Crippen LogP contribution in [0.15, 0.2) is 0 Å². The molecule has 3 atom stereocenters. The summed E-state index contributed by atoms with van der Waals surface area (Å²) in [6.07, 6.45) is 1.60. The molecule has 13 heavy (non-hydrogen) atoms. The van der Waals surface area contributed by atoms with Crippen LogP contribution in [0.1, 0.15) is 26.7 Å². The summed E-state index contributed by atoms with van der Waals surface area (Å²) in [5, 5.41) is 2.90. The fourth-order valence-corrected chi connectivity index (χ4v) is 1.64. The van der Waals surface area contributed by atoms with Crippen molar-refractivity contribution in [2.45, 2.75) is 32.7 Å². The van der Waals surface area contributed by atoms with Crippen molar-refractivity contribution >= 4 is 23.1 Å². The van der Waals surface area contributed by atoms with E-state index in [4.69, 9.17) is 18.0 Å². The van der Waals surface area contributed by atoms with Crippen molar-refractivity contribution in [3.63, 3.8) is 0 Å². The first-order valence-corrected chi connectivity index (χ1v) is 5.00. The van der Waals surface area contributed by atoms with Gasteiger partial charge in [0.2, 0.25) is 5.91 Å². The number of hydrogen-bond donors (Lipinski definition) is 2. The maximum Gasteiger partial charge on any atom is 0.223 e. The van der Waals surface area contributed by atoms with E-state index in [0.717, 1.165) is 6.42 Å². The monoisotopic (exact) mass is 200 g/mol. The molecule has 3 unspecified atom stereocenters. The van der Waals surface area contributed by atoms with Crippen molar-refractivity contribution in [2.24, 2.45) is 17.6 Å². The van der Waals surface area contributed by atoms with E-state index in [1.54, 1.807) is 0 Å². The number of carbonyl (C=O) groups is 1. The largest absolute Gasteiger partial charge is 0.393 e. The zero-order chi connectivity index (χ0) is 10.0. The second kappa shape index (κ2) is 4.05. The molecule has 1 rings (SSSR count). The van der Waals surface area contributed by atoms with Crippen LogP contribution in [0, 0.1) is 11.8 Å². The lowest BCUT2D eigenvalue weighted by Crippen LogP contribution is -2.36. The standard InChI is InChI=1S/C9H16N2OS/c1-5-3-7(5)9(12)11-6(2)4-8(10)13/h5-7H,3-4H2,1-2H3,(H2,10,13)(H,11,12). The molecule has 0 aliphatic heterocycles. The average molecular weight is 200 g/mol. The van der Waals surface area contributed by atoms with Crippen LogP contribution in [0.25, 0.3) is 0 Å². The van der Waals surface area contributed by atoms with Gasteiger partial charge >= 0.3 is 0 Å². The molecule has 3 N–H and O–H groups in total. The summed E-state index contributed by atoms with van der Waals surface area (Å²) in [7, 11) is 0. The van der Waals surface area contributed by atoms with Crippen LogP contribution >= 0.6 is 12.2 Å². The molecule has 0 bridgehead atoms. The van der Waals surface area contributed by atoms with Crippen molar-refractivity contribution in [1.82, 2.24) is 5.32 Å².